The Bertz CT molecular complexity index is 852. The van der Waals surface area contributed by atoms with Crippen LogP contribution in [0.4, 0.5) is 5.69 Å². The molecule has 1 heterocycles. The van der Waals surface area contributed by atoms with Crippen LogP contribution in [-0.4, -0.2) is 38.8 Å². The molecular weight excluding hydrogens is 346 g/mol. The summed E-state index contributed by atoms with van der Waals surface area (Å²) in [7, 11) is 3.13. The van der Waals surface area contributed by atoms with Crippen LogP contribution < -0.4 is 19.8 Å². The summed E-state index contributed by atoms with van der Waals surface area (Å²) in [5, 5.41) is 4.00. The summed E-state index contributed by atoms with van der Waals surface area (Å²) in [5.41, 5.74) is 3.98. The van der Waals surface area contributed by atoms with Gasteiger partial charge in [0, 0.05) is 24.2 Å². The molecule has 0 aromatic heterocycles. The standard InChI is InChI=1S/C20H21N3O4/c1-26-17-8-9-18(27-2)14(10-17)12-21-22-20(25)15-11-19(24)23(13-15)16-6-4-3-5-7-16/h3-10,12,15H,11,13H2,1-2H3,(H,22,25)/b21-12-/t15-/m1/s1. The molecule has 0 saturated carbocycles. The van der Waals surface area contributed by atoms with Gasteiger partial charge in [0.2, 0.25) is 11.8 Å². The van der Waals surface area contributed by atoms with E-state index < -0.39 is 5.92 Å². The lowest BCUT2D eigenvalue weighted by Crippen LogP contribution is -2.30. The number of amides is 2. The molecular formula is C20H21N3O4. The Hall–Kier alpha value is -3.35. The van der Waals surface area contributed by atoms with Crippen molar-refractivity contribution in [2.24, 2.45) is 11.0 Å². The van der Waals surface area contributed by atoms with Gasteiger partial charge in [-0.3, -0.25) is 9.59 Å². The zero-order valence-electron chi connectivity index (χ0n) is 15.2. The number of carbonyl (C=O) groups excluding carboxylic acids is 2. The summed E-state index contributed by atoms with van der Waals surface area (Å²) in [6.07, 6.45) is 1.66. The van der Waals surface area contributed by atoms with E-state index in [4.69, 9.17) is 9.47 Å². The lowest BCUT2D eigenvalue weighted by atomic mass is 10.1. The van der Waals surface area contributed by atoms with Gasteiger partial charge < -0.3 is 14.4 Å². The highest BCUT2D eigenvalue weighted by Crippen LogP contribution is 2.25. The van der Waals surface area contributed by atoms with Crippen LogP contribution in [0.1, 0.15) is 12.0 Å². The van der Waals surface area contributed by atoms with Crippen LogP contribution in [0.2, 0.25) is 0 Å². The number of hydrogen-bond donors (Lipinski definition) is 1. The molecule has 0 aliphatic carbocycles. The van der Waals surface area contributed by atoms with Crippen molar-refractivity contribution in [3.63, 3.8) is 0 Å². The molecule has 7 nitrogen and oxygen atoms in total. The van der Waals surface area contributed by atoms with Gasteiger partial charge in [0.25, 0.3) is 0 Å². The number of nitrogens with one attached hydrogen (secondary N) is 1. The Balaban J connectivity index is 1.63. The average Bonchev–Trinajstić information content (AvgIpc) is 3.10. The van der Waals surface area contributed by atoms with E-state index in [1.165, 1.54) is 6.21 Å². The summed E-state index contributed by atoms with van der Waals surface area (Å²) in [6.45, 7) is 0.340. The third-order valence-corrected chi connectivity index (χ3v) is 4.38. The minimum absolute atomic E-state index is 0.0696. The Kier molecular flexibility index (Phi) is 5.71. The number of methoxy groups -OCH3 is 2. The highest BCUT2D eigenvalue weighted by atomic mass is 16.5. The van der Waals surface area contributed by atoms with Crippen LogP contribution in [-0.2, 0) is 9.59 Å². The number of carbonyl (C=O) groups is 2. The van der Waals surface area contributed by atoms with Gasteiger partial charge in [-0.2, -0.15) is 5.10 Å². The van der Waals surface area contributed by atoms with E-state index >= 15 is 0 Å². The van der Waals surface area contributed by atoms with Gasteiger partial charge in [0.05, 0.1) is 26.4 Å². The molecule has 1 N–H and O–H groups in total. The van der Waals surface area contributed by atoms with Crippen LogP contribution in [0.5, 0.6) is 11.5 Å². The van der Waals surface area contributed by atoms with Crippen molar-refractivity contribution in [1.82, 2.24) is 5.43 Å². The molecule has 0 radical (unpaired) electrons. The summed E-state index contributed by atoms with van der Waals surface area (Å²) in [4.78, 5) is 26.2. The number of para-hydroxylation sites is 1. The van der Waals surface area contributed by atoms with E-state index in [2.05, 4.69) is 10.5 Å². The molecule has 1 fully saturated rings. The lowest BCUT2D eigenvalue weighted by molar-refractivity contribution is -0.126. The molecule has 3 rings (SSSR count). The first-order valence-corrected chi connectivity index (χ1v) is 8.52. The number of anilines is 1. The molecule has 1 aliphatic heterocycles. The third kappa shape index (κ3) is 4.25. The minimum atomic E-state index is -0.443. The molecule has 1 atom stereocenters. The smallest absolute Gasteiger partial charge is 0.245 e. The summed E-state index contributed by atoms with van der Waals surface area (Å²) in [5.74, 6) is 0.463. The predicted molar refractivity (Wildman–Crippen MR) is 102 cm³/mol. The predicted octanol–water partition coefficient (Wildman–Crippen LogP) is 2.21. The lowest BCUT2D eigenvalue weighted by Gasteiger charge is -2.16. The molecule has 2 aromatic rings. The van der Waals surface area contributed by atoms with Crippen LogP contribution >= 0.6 is 0 Å². The first-order chi connectivity index (χ1) is 13.1. The van der Waals surface area contributed by atoms with Crippen LogP contribution in [0.3, 0.4) is 0 Å². The van der Waals surface area contributed by atoms with E-state index in [0.717, 1.165) is 5.69 Å². The summed E-state index contributed by atoms with van der Waals surface area (Å²) in [6, 6.07) is 14.6. The Labute approximate surface area is 157 Å². The molecule has 1 saturated heterocycles. The second-order valence-corrected chi connectivity index (χ2v) is 6.08. The largest absolute Gasteiger partial charge is 0.497 e. The van der Waals surface area contributed by atoms with Gasteiger partial charge in [-0.15, -0.1) is 0 Å². The van der Waals surface area contributed by atoms with Gasteiger partial charge in [0.1, 0.15) is 11.5 Å². The van der Waals surface area contributed by atoms with Crippen LogP contribution in [0, 0.1) is 5.92 Å². The van der Waals surface area contributed by atoms with Gasteiger partial charge in [-0.1, -0.05) is 18.2 Å². The Morgan fingerprint density at radius 1 is 1.19 bits per heavy atom. The number of hydrogen-bond acceptors (Lipinski definition) is 5. The van der Waals surface area contributed by atoms with Crippen molar-refractivity contribution in [2.45, 2.75) is 6.42 Å². The maximum Gasteiger partial charge on any atom is 0.245 e. The van der Waals surface area contributed by atoms with Gasteiger partial charge in [0.15, 0.2) is 0 Å². The molecule has 2 amide bonds. The first-order valence-electron chi connectivity index (χ1n) is 8.52. The highest BCUT2D eigenvalue weighted by Gasteiger charge is 2.34. The SMILES string of the molecule is COc1ccc(OC)c(/C=N\NC(=O)[C@@H]2CC(=O)N(c3ccccc3)C2)c1. The minimum Gasteiger partial charge on any atom is -0.497 e. The monoisotopic (exact) mass is 367 g/mol. The first kappa shape index (κ1) is 18.4. The molecule has 1 aliphatic rings. The average molecular weight is 367 g/mol. The van der Waals surface area contributed by atoms with Crippen molar-refractivity contribution in [2.75, 3.05) is 25.7 Å². The zero-order valence-corrected chi connectivity index (χ0v) is 15.2. The molecule has 140 valence electrons. The second-order valence-electron chi connectivity index (χ2n) is 6.08. The van der Waals surface area contributed by atoms with Crippen molar-refractivity contribution in [3.05, 3.63) is 54.1 Å². The third-order valence-electron chi connectivity index (χ3n) is 4.38. The molecule has 27 heavy (non-hydrogen) atoms. The molecule has 2 aromatic carbocycles. The van der Waals surface area contributed by atoms with Gasteiger partial charge in [-0.25, -0.2) is 5.43 Å². The maximum absolute atomic E-state index is 12.4. The van der Waals surface area contributed by atoms with Crippen molar-refractivity contribution >= 4 is 23.7 Å². The van der Waals surface area contributed by atoms with Crippen LogP contribution in [0.25, 0.3) is 0 Å². The fraction of sp³-hybridized carbons (Fsp3) is 0.250. The normalized spacial score (nSPS) is 16.6. The number of benzene rings is 2. The van der Waals surface area contributed by atoms with E-state index in [1.54, 1.807) is 37.3 Å². The zero-order chi connectivity index (χ0) is 19.2. The van der Waals surface area contributed by atoms with Gasteiger partial charge >= 0.3 is 0 Å². The summed E-state index contributed by atoms with van der Waals surface area (Å²) < 4.78 is 10.4. The maximum atomic E-state index is 12.4. The summed E-state index contributed by atoms with van der Waals surface area (Å²) >= 11 is 0. The topological polar surface area (TPSA) is 80.2 Å². The fourth-order valence-electron chi connectivity index (χ4n) is 2.94. The quantitative estimate of drug-likeness (QED) is 0.627. The number of hydrazone groups is 1. The van der Waals surface area contributed by atoms with E-state index in [9.17, 15) is 9.59 Å². The Morgan fingerprint density at radius 3 is 2.67 bits per heavy atom. The van der Waals surface area contributed by atoms with Crippen molar-refractivity contribution < 1.29 is 19.1 Å². The second kappa shape index (κ2) is 8.35. The van der Waals surface area contributed by atoms with Gasteiger partial charge in [-0.05, 0) is 30.3 Å². The molecule has 0 bridgehead atoms. The van der Waals surface area contributed by atoms with E-state index in [0.29, 0.717) is 23.6 Å². The molecule has 0 unspecified atom stereocenters. The number of nitrogens with zero attached hydrogens (tertiary/aromatic N) is 2. The van der Waals surface area contributed by atoms with E-state index in [-0.39, 0.29) is 18.2 Å². The Morgan fingerprint density at radius 2 is 1.96 bits per heavy atom. The van der Waals surface area contributed by atoms with E-state index in [1.807, 2.05) is 30.3 Å². The number of ether oxygens (including phenoxy) is 2. The highest BCUT2D eigenvalue weighted by molar-refractivity contribution is 6.00. The van der Waals surface area contributed by atoms with Crippen LogP contribution in [0.15, 0.2) is 53.6 Å². The van der Waals surface area contributed by atoms with Crippen molar-refractivity contribution in [1.29, 1.82) is 0 Å². The molecule has 0 spiro atoms. The fourth-order valence-corrected chi connectivity index (χ4v) is 2.94. The molecule has 7 heteroatoms. The van der Waals surface area contributed by atoms with Crippen molar-refractivity contribution in [3.8, 4) is 11.5 Å². The number of rotatable bonds is 6.